The van der Waals surface area contributed by atoms with Gasteiger partial charge in [-0.3, -0.25) is 9.88 Å². The topological polar surface area (TPSA) is 134 Å². The Bertz CT molecular complexity index is 1340. The number of carbonyl (C=O) groups is 1. The molecule has 31 heavy (non-hydrogen) atoms. The van der Waals surface area contributed by atoms with Gasteiger partial charge in [0, 0.05) is 42.2 Å². The Morgan fingerprint density at radius 1 is 1.32 bits per heavy atom. The molecule has 0 aromatic carbocycles. The van der Waals surface area contributed by atoms with E-state index in [4.69, 9.17) is 4.74 Å². The van der Waals surface area contributed by atoms with E-state index in [1.54, 1.807) is 6.20 Å². The average Bonchev–Trinajstić information content (AvgIpc) is 3.53. The first kappa shape index (κ1) is 18.4. The lowest BCUT2D eigenvalue weighted by Gasteiger charge is -2.20. The maximum Gasteiger partial charge on any atom is 0.329 e. The van der Waals surface area contributed by atoms with Crippen molar-refractivity contribution in [1.82, 2.24) is 33.8 Å². The third kappa shape index (κ3) is 2.89. The van der Waals surface area contributed by atoms with Gasteiger partial charge in [0.15, 0.2) is 0 Å². The normalized spacial score (nSPS) is 23.0. The van der Waals surface area contributed by atoms with Crippen molar-refractivity contribution in [2.75, 3.05) is 25.5 Å². The molecule has 11 nitrogen and oxygen atoms in total. The number of aromatic nitrogens is 6. The van der Waals surface area contributed by atoms with Gasteiger partial charge < -0.3 is 19.6 Å². The monoisotopic (exact) mass is 440 g/mol. The highest BCUT2D eigenvalue weighted by molar-refractivity contribution is 7.10. The van der Waals surface area contributed by atoms with E-state index in [1.165, 1.54) is 7.11 Å². The van der Waals surface area contributed by atoms with Gasteiger partial charge in [-0.15, -0.1) is 4.37 Å². The molecule has 4 aromatic heterocycles. The molecule has 2 aliphatic rings. The maximum atomic E-state index is 12.8. The van der Waals surface area contributed by atoms with Crippen molar-refractivity contribution in [2.45, 2.75) is 18.9 Å². The molecule has 0 spiro atoms. The second kappa shape index (κ2) is 6.80. The van der Waals surface area contributed by atoms with Crippen molar-refractivity contribution in [3.63, 3.8) is 0 Å². The van der Waals surface area contributed by atoms with Crippen molar-refractivity contribution in [1.29, 1.82) is 0 Å². The number of carbonyl (C=O) groups excluding carboxylic acids is 1. The third-order valence-corrected chi connectivity index (χ3v) is 7.06. The quantitative estimate of drug-likeness (QED) is 0.447. The molecule has 4 aromatic rings. The molecule has 6 rings (SSSR count). The minimum absolute atomic E-state index is 0.102. The lowest BCUT2D eigenvalue weighted by atomic mass is 10.0. The number of likely N-dealkylation sites (tertiary alicyclic amines) is 1. The van der Waals surface area contributed by atoms with Gasteiger partial charge in [-0.05, 0) is 30.7 Å². The highest BCUT2D eigenvalue weighted by Crippen LogP contribution is 2.44. The highest BCUT2D eigenvalue weighted by Gasteiger charge is 2.44. The van der Waals surface area contributed by atoms with Gasteiger partial charge in [-0.1, -0.05) is 0 Å². The summed E-state index contributed by atoms with van der Waals surface area (Å²) >= 11 is 1.09. The van der Waals surface area contributed by atoms with E-state index < -0.39 is 0 Å². The molecule has 0 bridgehead atoms. The number of aromatic amines is 2. The number of anilines is 1. The number of amides is 2. The number of nitrogens with zero attached hydrogens (tertiary/aromatic N) is 5. The van der Waals surface area contributed by atoms with Crippen molar-refractivity contribution in [2.24, 2.45) is 11.8 Å². The molecule has 3 N–H and O–H groups in total. The van der Waals surface area contributed by atoms with Crippen molar-refractivity contribution in [3.8, 4) is 6.01 Å². The number of imidazole rings is 1. The first-order valence-corrected chi connectivity index (χ1v) is 10.9. The van der Waals surface area contributed by atoms with E-state index in [2.05, 4.69) is 29.6 Å². The lowest BCUT2D eigenvalue weighted by molar-refractivity contribution is 0.217. The van der Waals surface area contributed by atoms with Gasteiger partial charge in [0.05, 0.1) is 24.3 Å². The molecule has 0 unspecified atom stereocenters. The van der Waals surface area contributed by atoms with Crippen LogP contribution < -0.4 is 15.7 Å². The number of fused-ring (bicyclic) bond motifs is 4. The van der Waals surface area contributed by atoms with Crippen LogP contribution >= 0.6 is 11.5 Å². The van der Waals surface area contributed by atoms with E-state index in [-0.39, 0.29) is 23.8 Å². The summed E-state index contributed by atoms with van der Waals surface area (Å²) in [5, 5.41) is 4.17. The molecule has 1 saturated carbocycles. The summed E-state index contributed by atoms with van der Waals surface area (Å²) in [6, 6.07) is 2.14. The summed E-state index contributed by atoms with van der Waals surface area (Å²) < 4.78 is 10.8. The summed E-state index contributed by atoms with van der Waals surface area (Å²) in [4.78, 5) is 41.8. The largest absolute Gasteiger partial charge is 0.466 e. The van der Waals surface area contributed by atoms with Gasteiger partial charge >= 0.3 is 17.7 Å². The molecule has 5 heterocycles. The second-order valence-electron chi connectivity index (χ2n) is 8.13. The zero-order valence-electron chi connectivity index (χ0n) is 16.7. The number of pyridine rings is 1. The Balaban J connectivity index is 1.20. The SMILES string of the molecule is COc1nsc(NC(=O)N2C[C@H]3C[C@H](n4c(=O)[nH]c5cnc6[nH]ccc6c54)C[C@H]3C2)n1. The van der Waals surface area contributed by atoms with Crippen LogP contribution in [0.3, 0.4) is 0 Å². The number of nitrogens with one attached hydrogen (secondary N) is 3. The maximum absolute atomic E-state index is 12.8. The zero-order valence-corrected chi connectivity index (χ0v) is 17.5. The molecule has 2 fully saturated rings. The molecule has 1 aliphatic heterocycles. The van der Waals surface area contributed by atoms with Gasteiger partial charge in [0.2, 0.25) is 5.13 Å². The fraction of sp³-hybridized carbons (Fsp3) is 0.421. The number of urea groups is 1. The van der Waals surface area contributed by atoms with Crippen molar-refractivity contribution in [3.05, 3.63) is 28.9 Å². The van der Waals surface area contributed by atoms with E-state index in [9.17, 15) is 9.59 Å². The molecular weight excluding hydrogens is 420 g/mol. The van der Waals surface area contributed by atoms with E-state index >= 15 is 0 Å². The standard InChI is InChI=1S/C19H20N8O3S/c1-30-16-23-17(31-25-16)24-18(28)26-7-9-4-11(5-10(9)8-26)27-14-12-2-3-20-15(12)21-6-13(14)22-19(27)29/h2-3,6,9-11H,4-5,7-8H2,1H3,(H,20,21)(H,22,29)(H,23,24,25,28)/t9-,10+,11+. The predicted octanol–water partition coefficient (Wildman–Crippen LogP) is 2.18. The van der Waals surface area contributed by atoms with Crippen LogP contribution in [0.15, 0.2) is 23.3 Å². The number of methoxy groups -OCH3 is 1. The molecule has 1 saturated heterocycles. The highest BCUT2D eigenvalue weighted by atomic mass is 32.1. The Morgan fingerprint density at radius 2 is 2.13 bits per heavy atom. The van der Waals surface area contributed by atoms with Crippen LogP contribution in [0, 0.1) is 11.8 Å². The molecule has 2 amide bonds. The van der Waals surface area contributed by atoms with Gasteiger partial charge in [0.1, 0.15) is 5.65 Å². The van der Waals surface area contributed by atoms with Crippen LogP contribution in [0.5, 0.6) is 6.01 Å². The van der Waals surface area contributed by atoms with Crippen molar-refractivity contribution >= 4 is 44.8 Å². The Hall–Kier alpha value is -3.41. The number of ether oxygens (including phenoxy) is 1. The van der Waals surface area contributed by atoms with Crippen LogP contribution in [0.1, 0.15) is 18.9 Å². The summed E-state index contributed by atoms with van der Waals surface area (Å²) in [6.45, 7) is 1.34. The van der Waals surface area contributed by atoms with Crippen LogP contribution in [-0.2, 0) is 0 Å². The summed E-state index contributed by atoms with van der Waals surface area (Å²) in [5.74, 6) is 0.722. The zero-order chi connectivity index (χ0) is 21.1. The molecule has 0 radical (unpaired) electrons. The Labute approximate surface area is 179 Å². The van der Waals surface area contributed by atoms with Crippen LogP contribution in [0.2, 0.25) is 0 Å². The van der Waals surface area contributed by atoms with Gasteiger partial charge in [-0.25, -0.2) is 14.6 Å². The fourth-order valence-electron chi connectivity index (χ4n) is 5.13. The van der Waals surface area contributed by atoms with Crippen LogP contribution in [-0.4, -0.2) is 60.0 Å². The van der Waals surface area contributed by atoms with Crippen molar-refractivity contribution < 1.29 is 9.53 Å². The smallest absolute Gasteiger partial charge is 0.329 e. The minimum atomic E-state index is -0.172. The Morgan fingerprint density at radius 3 is 2.87 bits per heavy atom. The molecule has 160 valence electrons. The van der Waals surface area contributed by atoms with Crippen LogP contribution in [0.25, 0.3) is 22.1 Å². The lowest BCUT2D eigenvalue weighted by Crippen LogP contribution is -2.34. The van der Waals surface area contributed by atoms with Gasteiger partial charge in [-0.2, -0.15) is 4.98 Å². The number of hydrogen-bond acceptors (Lipinski definition) is 7. The number of rotatable bonds is 3. The number of H-pyrrole nitrogens is 2. The molecule has 3 atom stereocenters. The van der Waals surface area contributed by atoms with E-state index in [0.29, 0.717) is 30.1 Å². The first-order valence-electron chi connectivity index (χ1n) is 10.1. The average molecular weight is 440 g/mol. The summed E-state index contributed by atoms with van der Waals surface area (Å²) in [5.41, 5.74) is 2.33. The summed E-state index contributed by atoms with van der Waals surface area (Å²) in [6.07, 6.45) is 5.27. The Kier molecular flexibility index (Phi) is 4.03. The molecule has 12 heteroatoms. The molecular formula is C19H20N8O3S. The third-order valence-electron chi connectivity index (χ3n) is 6.44. The van der Waals surface area contributed by atoms with Gasteiger partial charge in [0.25, 0.3) is 0 Å². The van der Waals surface area contributed by atoms with Crippen LogP contribution in [0.4, 0.5) is 9.93 Å². The van der Waals surface area contributed by atoms with E-state index in [1.807, 2.05) is 21.7 Å². The summed E-state index contributed by atoms with van der Waals surface area (Å²) in [7, 11) is 1.49. The predicted molar refractivity (Wildman–Crippen MR) is 115 cm³/mol. The fourth-order valence-corrected chi connectivity index (χ4v) is 5.66. The first-order chi connectivity index (χ1) is 15.1. The minimum Gasteiger partial charge on any atom is -0.466 e. The second-order valence-corrected chi connectivity index (χ2v) is 8.88. The number of hydrogen-bond donors (Lipinski definition) is 3. The molecule has 1 aliphatic carbocycles. The van der Waals surface area contributed by atoms with E-state index in [0.717, 1.165) is 46.4 Å².